The van der Waals surface area contributed by atoms with Gasteiger partial charge < -0.3 is 0 Å². The average molecular weight is 425 g/mol. The highest BCUT2D eigenvalue weighted by atomic mass is 32.2. The van der Waals surface area contributed by atoms with Crippen molar-refractivity contribution in [3.8, 4) is 5.69 Å². The van der Waals surface area contributed by atoms with Crippen LogP contribution in [0.5, 0.6) is 0 Å². The van der Waals surface area contributed by atoms with Gasteiger partial charge in [0, 0.05) is 30.1 Å². The third-order valence-electron chi connectivity index (χ3n) is 4.19. The molecule has 2 N–H and O–H groups in total. The zero-order valence-electron chi connectivity index (χ0n) is 16.3. The van der Waals surface area contributed by atoms with Gasteiger partial charge in [-0.05, 0) is 31.5 Å². The van der Waals surface area contributed by atoms with Crippen LogP contribution in [-0.2, 0) is 4.79 Å². The van der Waals surface area contributed by atoms with Gasteiger partial charge in [0.1, 0.15) is 0 Å². The van der Waals surface area contributed by atoms with Gasteiger partial charge in [0.25, 0.3) is 11.6 Å². The lowest BCUT2D eigenvalue weighted by Gasteiger charge is -2.11. The molecule has 0 saturated heterocycles. The summed E-state index contributed by atoms with van der Waals surface area (Å²) in [6.45, 7) is 4.03. The van der Waals surface area contributed by atoms with E-state index in [9.17, 15) is 19.7 Å². The first-order valence-corrected chi connectivity index (χ1v) is 9.91. The van der Waals surface area contributed by atoms with Crippen LogP contribution in [0, 0.1) is 24.0 Å². The molecule has 1 heterocycles. The minimum Gasteiger partial charge on any atom is -0.295 e. The van der Waals surface area contributed by atoms with E-state index in [4.69, 9.17) is 0 Å². The van der Waals surface area contributed by atoms with E-state index in [2.05, 4.69) is 21.9 Å². The van der Waals surface area contributed by atoms with Crippen LogP contribution in [0.2, 0.25) is 0 Å². The highest BCUT2D eigenvalue weighted by molar-refractivity contribution is 7.99. The Morgan fingerprint density at radius 3 is 2.70 bits per heavy atom. The number of rotatable bonds is 6. The standard InChI is InChI=1S/C20H19N5O4S/c1-13-6-7-17(14(2)10-13)24-9-8-21-20(24)30-12-18(26)22-23-19(27)15-4-3-5-16(11-15)25(28)29/h3-11H,12H2,1-2H3,(H,22,26)(H,23,27). The largest absolute Gasteiger partial charge is 0.295 e. The summed E-state index contributed by atoms with van der Waals surface area (Å²) in [5, 5.41) is 11.4. The summed E-state index contributed by atoms with van der Waals surface area (Å²) in [5.74, 6) is -1.06. The number of nitro benzene ring substituents is 1. The lowest BCUT2D eigenvalue weighted by atomic mass is 10.1. The van der Waals surface area contributed by atoms with Crippen molar-refractivity contribution in [1.29, 1.82) is 0 Å². The third-order valence-corrected chi connectivity index (χ3v) is 5.15. The summed E-state index contributed by atoms with van der Waals surface area (Å²) >= 11 is 1.22. The molecule has 2 amide bonds. The van der Waals surface area contributed by atoms with Crippen molar-refractivity contribution in [3.05, 3.63) is 81.7 Å². The van der Waals surface area contributed by atoms with Crippen LogP contribution in [0.15, 0.2) is 60.0 Å². The number of imidazole rings is 1. The third kappa shape index (κ3) is 5.03. The number of nitrogens with zero attached hydrogens (tertiary/aromatic N) is 3. The van der Waals surface area contributed by atoms with E-state index in [0.29, 0.717) is 5.16 Å². The lowest BCUT2D eigenvalue weighted by Crippen LogP contribution is -2.42. The molecule has 3 rings (SSSR count). The Labute approximate surface area is 176 Å². The van der Waals surface area contributed by atoms with Crippen LogP contribution in [0.25, 0.3) is 5.69 Å². The minimum atomic E-state index is -0.645. The molecule has 2 aromatic carbocycles. The Bertz CT molecular complexity index is 1110. The number of aromatic nitrogens is 2. The fourth-order valence-corrected chi connectivity index (χ4v) is 3.55. The van der Waals surface area contributed by atoms with Crippen molar-refractivity contribution in [3.63, 3.8) is 0 Å². The molecule has 0 aliphatic rings. The average Bonchev–Trinajstić information content (AvgIpc) is 3.18. The number of nitrogens with one attached hydrogen (secondary N) is 2. The summed E-state index contributed by atoms with van der Waals surface area (Å²) in [4.78, 5) is 38.7. The first-order valence-electron chi connectivity index (χ1n) is 8.92. The molecule has 1 aromatic heterocycles. The van der Waals surface area contributed by atoms with Crippen LogP contribution in [-0.4, -0.2) is 32.0 Å². The van der Waals surface area contributed by atoms with E-state index in [1.807, 2.05) is 36.7 Å². The van der Waals surface area contributed by atoms with Gasteiger partial charge in [-0.3, -0.25) is 35.1 Å². The van der Waals surface area contributed by atoms with Gasteiger partial charge >= 0.3 is 0 Å². The van der Waals surface area contributed by atoms with Gasteiger partial charge in [-0.1, -0.05) is 35.5 Å². The van der Waals surface area contributed by atoms with Crippen molar-refractivity contribution >= 4 is 29.3 Å². The van der Waals surface area contributed by atoms with Crippen molar-refractivity contribution in [1.82, 2.24) is 20.4 Å². The molecule has 30 heavy (non-hydrogen) atoms. The van der Waals surface area contributed by atoms with Crippen molar-refractivity contribution < 1.29 is 14.5 Å². The van der Waals surface area contributed by atoms with Gasteiger partial charge in [0.2, 0.25) is 5.91 Å². The number of hydrazine groups is 1. The molecule has 0 unspecified atom stereocenters. The summed E-state index contributed by atoms with van der Waals surface area (Å²) in [5.41, 5.74) is 7.64. The predicted octanol–water partition coefficient (Wildman–Crippen LogP) is 2.95. The number of carbonyl (C=O) groups is 2. The van der Waals surface area contributed by atoms with E-state index < -0.39 is 16.7 Å². The number of thioether (sulfide) groups is 1. The number of amides is 2. The van der Waals surface area contributed by atoms with E-state index >= 15 is 0 Å². The maximum absolute atomic E-state index is 12.1. The first-order chi connectivity index (χ1) is 14.3. The molecule has 154 valence electrons. The highest BCUT2D eigenvalue weighted by Gasteiger charge is 2.14. The maximum Gasteiger partial charge on any atom is 0.270 e. The van der Waals surface area contributed by atoms with E-state index in [1.54, 1.807) is 6.20 Å². The molecule has 0 radical (unpaired) electrons. The van der Waals surface area contributed by atoms with Gasteiger partial charge in [0.15, 0.2) is 5.16 Å². The van der Waals surface area contributed by atoms with Crippen LogP contribution in [0.1, 0.15) is 21.5 Å². The van der Waals surface area contributed by atoms with Gasteiger partial charge in [-0.25, -0.2) is 4.98 Å². The topological polar surface area (TPSA) is 119 Å². The minimum absolute atomic E-state index is 0.0249. The summed E-state index contributed by atoms with van der Waals surface area (Å²) in [6, 6.07) is 11.3. The molecule has 0 fully saturated rings. The fraction of sp³-hybridized carbons (Fsp3) is 0.150. The second-order valence-electron chi connectivity index (χ2n) is 6.47. The quantitative estimate of drug-likeness (QED) is 0.356. The SMILES string of the molecule is Cc1ccc(-n2ccnc2SCC(=O)NNC(=O)c2cccc([N+](=O)[O-])c2)c(C)c1. The van der Waals surface area contributed by atoms with Crippen molar-refractivity contribution in [2.24, 2.45) is 0 Å². The Kier molecular flexibility index (Phi) is 6.48. The van der Waals surface area contributed by atoms with Crippen LogP contribution in [0.3, 0.4) is 0 Å². The molecule has 0 saturated carbocycles. The molecular formula is C20H19N5O4S. The molecule has 0 atom stereocenters. The summed E-state index contributed by atoms with van der Waals surface area (Å²) < 4.78 is 1.90. The number of carbonyl (C=O) groups excluding carboxylic acids is 2. The molecule has 9 nitrogen and oxygen atoms in total. The molecule has 0 spiro atoms. The molecule has 0 bridgehead atoms. The number of hydrogen-bond donors (Lipinski definition) is 2. The Morgan fingerprint density at radius 1 is 1.17 bits per heavy atom. The number of aryl methyl sites for hydroxylation is 2. The Hall–Kier alpha value is -3.66. The molecule has 0 aliphatic carbocycles. The summed E-state index contributed by atoms with van der Waals surface area (Å²) in [7, 11) is 0. The summed E-state index contributed by atoms with van der Waals surface area (Å²) in [6.07, 6.45) is 3.48. The van der Waals surface area contributed by atoms with E-state index in [-0.39, 0.29) is 17.0 Å². The fourth-order valence-electron chi connectivity index (χ4n) is 2.78. The molecule has 3 aromatic rings. The zero-order chi connectivity index (χ0) is 21.7. The van der Waals surface area contributed by atoms with Gasteiger partial charge in [-0.15, -0.1) is 0 Å². The molecule has 0 aliphatic heterocycles. The van der Waals surface area contributed by atoms with Gasteiger partial charge in [0.05, 0.1) is 16.4 Å². The second kappa shape index (κ2) is 9.23. The second-order valence-corrected chi connectivity index (χ2v) is 7.41. The smallest absolute Gasteiger partial charge is 0.270 e. The first kappa shape index (κ1) is 21.1. The Balaban J connectivity index is 1.57. The normalized spacial score (nSPS) is 10.5. The van der Waals surface area contributed by atoms with Crippen molar-refractivity contribution in [2.75, 3.05) is 5.75 Å². The molecule has 10 heteroatoms. The highest BCUT2D eigenvalue weighted by Crippen LogP contribution is 2.23. The zero-order valence-corrected chi connectivity index (χ0v) is 17.1. The lowest BCUT2D eigenvalue weighted by molar-refractivity contribution is -0.384. The van der Waals surface area contributed by atoms with Crippen LogP contribution >= 0.6 is 11.8 Å². The predicted molar refractivity (Wildman–Crippen MR) is 112 cm³/mol. The number of hydrogen-bond acceptors (Lipinski definition) is 6. The number of non-ortho nitro benzene ring substituents is 1. The Morgan fingerprint density at radius 2 is 1.97 bits per heavy atom. The van der Waals surface area contributed by atoms with E-state index in [1.165, 1.54) is 30.0 Å². The molecular weight excluding hydrogens is 406 g/mol. The monoisotopic (exact) mass is 425 g/mol. The van der Waals surface area contributed by atoms with Crippen LogP contribution in [0.4, 0.5) is 5.69 Å². The number of benzene rings is 2. The van der Waals surface area contributed by atoms with E-state index in [0.717, 1.165) is 22.9 Å². The van der Waals surface area contributed by atoms with Gasteiger partial charge in [-0.2, -0.15) is 0 Å². The number of nitro groups is 1. The van der Waals surface area contributed by atoms with Crippen molar-refractivity contribution in [2.45, 2.75) is 19.0 Å². The van der Waals surface area contributed by atoms with Crippen LogP contribution < -0.4 is 10.9 Å². The maximum atomic E-state index is 12.1.